The molecule has 150 valence electrons. The van der Waals surface area contributed by atoms with Crippen LogP contribution < -0.4 is 5.32 Å². The number of aromatic nitrogens is 2. The monoisotopic (exact) mass is 381 g/mol. The van der Waals surface area contributed by atoms with E-state index < -0.39 is 5.60 Å². The zero-order valence-corrected chi connectivity index (χ0v) is 16.6. The number of carbonyl (C=O) groups excluding carboxylic acids is 1. The van der Waals surface area contributed by atoms with E-state index in [1.165, 1.54) is 25.7 Å². The lowest BCUT2D eigenvalue weighted by Crippen LogP contribution is -2.61. The summed E-state index contributed by atoms with van der Waals surface area (Å²) in [4.78, 5) is 22.8. The van der Waals surface area contributed by atoms with E-state index in [1.807, 2.05) is 6.20 Å². The average Bonchev–Trinajstić information content (AvgIpc) is 3.37. The molecule has 6 fully saturated rings. The van der Waals surface area contributed by atoms with Crippen molar-refractivity contribution in [2.45, 2.75) is 94.1 Å². The molecule has 5 heteroatoms. The molecule has 7 rings (SSSR count). The van der Waals surface area contributed by atoms with Gasteiger partial charge in [0.05, 0.1) is 16.9 Å². The Balaban J connectivity index is 1.26. The highest BCUT2D eigenvalue weighted by atomic mass is 16.3. The van der Waals surface area contributed by atoms with Gasteiger partial charge in [0.1, 0.15) is 5.82 Å². The van der Waals surface area contributed by atoms with Crippen molar-refractivity contribution in [3.8, 4) is 0 Å². The molecule has 28 heavy (non-hydrogen) atoms. The normalized spacial score (nSPS) is 39.5. The van der Waals surface area contributed by atoms with Gasteiger partial charge in [0, 0.05) is 24.1 Å². The molecule has 5 nitrogen and oxygen atoms in total. The highest BCUT2D eigenvalue weighted by molar-refractivity contribution is 5.95. The number of nitrogens with one attached hydrogen (secondary N) is 1. The van der Waals surface area contributed by atoms with E-state index in [2.05, 4.69) is 10.3 Å². The molecule has 0 spiro atoms. The number of nitrogens with zero attached hydrogens (tertiary/aromatic N) is 2. The van der Waals surface area contributed by atoms with Crippen LogP contribution >= 0.6 is 0 Å². The lowest BCUT2D eigenvalue weighted by Gasteiger charge is -2.58. The lowest BCUT2D eigenvalue weighted by molar-refractivity contribution is -0.136. The second-order valence-electron chi connectivity index (χ2n) is 10.5. The van der Waals surface area contributed by atoms with Gasteiger partial charge in [-0.2, -0.15) is 0 Å². The summed E-state index contributed by atoms with van der Waals surface area (Å²) < 4.78 is 0. The summed E-state index contributed by atoms with van der Waals surface area (Å²) in [5.74, 6) is 3.43. The second-order valence-corrected chi connectivity index (χ2v) is 10.5. The van der Waals surface area contributed by atoms with Crippen LogP contribution in [0.25, 0.3) is 0 Å². The predicted molar refractivity (Wildman–Crippen MR) is 105 cm³/mol. The Morgan fingerprint density at radius 2 is 1.75 bits per heavy atom. The molecule has 0 saturated heterocycles. The van der Waals surface area contributed by atoms with Gasteiger partial charge in [0.2, 0.25) is 0 Å². The lowest BCUT2D eigenvalue weighted by atomic mass is 9.52. The van der Waals surface area contributed by atoms with Crippen molar-refractivity contribution in [3.63, 3.8) is 0 Å². The first-order valence-electron chi connectivity index (χ1n) is 11.5. The SMILES string of the molecule is O=C(NC1C2CC3CC1CC(O)(C3)C2)c1cnc(C2CC2)nc1C1CCCC1. The van der Waals surface area contributed by atoms with Gasteiger partial charge in [-0.1, -0.05) is 12.8 Å². The van der Waals surface area contributed by atoms with Crippen molar-refractivity contribution in [1.82, 2.24) is 15.3 Å². The number of hydrogen-bond donors (Lipinski definition) is 2. The van der Waals surface area contributed by atoms with Gasteiger partial charge in [-0.25, -0.2) is 9.97 Å². The van der Waals surface area contributed by atoms with Crippen LogP contribution in [0.1, 0.15) is 104 Å². The van der Waals surface area contributed by atoms with Crippen LogP contribution in [0, 0.1) is 17.8 Å². The molecule has 2 unspecified atom stereocenters. The average molecular weight is 382 g/mol. The van der Waals surface area contributed by atoms with Gasteiger partial charge < -0.3 is 10.4 Å². The van der Waals surface area contributed by atoms with Crippen LogP contribution in [-0.4, -0.2) is 32.6 Å². The van der Waals surface area contributed by atoms with Gasteiger partial charge in [-0.3, -0.25) is 4.79 Å². The highest BCUT2D eigenvalue weighted by Crippen LogP contribution is 2.55. The summed E-state index contributed by atoms with van der Waals surface area (Å²) in [5, 5.41) is 14.2. The number of hydrogen-bond acceptors (Lipinski definition) is 4. The van der Waals surface area contributed by atoms with Crippen LogP contribution in [0.3, 0.4) is 0 Å². The van der Waals surface area contributed by atoms with E-state index in [1.54, 1.807) is 0 Å². The Kier molecular flexibility index (Phi) is 3.88. The maximum absolute atomic E-state index is 13.3. The molecule has 6 saturated carbocycles. The second kappa shape index (κ2) is 6.25. The fourth-order valence-corrected chi connectivity index (χ4v) is 7.08. The molecule has 1 aromatic heterocycles. The molecule has 1 heterocycles. The van der Waals surface area contributed by atoms with E-state index in [0.717, 1.165) is 56.5 Å². The fraction of sp³-hybridized carbons (Fsp3) is 0.783. The van der Waals surface area contributed by atoms with E-state index in [4.69, 9.17) is 4.98 Å². The van der Waals surface area contributed by atoms with E-state index in [0.29, 0.717) is 35.2 Å². The third-order valence-electron chi connectivity index (χ3n) is 8.30. The largest absolute Gasteiger partial charge is 0.390 e. The van der Waals surface area contributed by atoms with Crippen LogP contribution in [0.2, 0.25) is 0 Å². The summed E-state index contributed by atoms with van der Waals surface area (Å²) in [5.41, 5.74) is 1.26. The third kappa shape index (κ3) is 2.89. The Hall–Kier alpha value is -1.49. The first-order valence-corrected chi connectivity index (χ1v) is 11.5. The quantitative estimate of drug-likeness (QED) is 0.834. The molecule has 6 aliphatic carbocycles. The molecular weight excluding hydrogens is 350 g/mol. The number of aliphatic hydroxyl groups is 1. The molecule has 0 aromatic carbocycles. The summed E-state index contributed by atoms with van der Waals surface area (Å²) in [6.07, 6.45) is 14.0. The Labute approximate surface area is 166 Å². The number of carbonyl (C=O) groups is 1. The van der Waals surface area contributed by atoms with Crippen molar-refractivity contribution in [1.29, 1.82) is 0 Å². The molecule has 2 N–H and O–H groups in total. The minimum absolute atomic E-state index is 0.0220. The fourth-order valence-electron chi connectivity index (χ4n) is 7.08. The van der Waals surface area contributed by atoms with E-state index in [9.17, 15) is 9.90 Å². The molecule has 0 aliphatic heterocycles. The Morgan fingerprint density at radius 1 is 1.04 bits per heavy atom. The molecule has 6 aliphatic rings. The maximum atomic E-state index is 13.3. The summed E-state index contributed by atoms with van der Waals surface area (Å²) in [6, 6.07) is 0.212. The predicted octanol–water partition coefficient (Wildman–Crippen LogP) is 3.68. The first kappa shape index (κ1) is 17.4. The number of rotatable bonds is 4. The van der Waals surface area contributed by atoms with Crippen LogP contribution in [-0.2, 0) is 0 Å². The van der Waals surface area contributed by atoms with Crippen molar-refractivity contribution >= 4 is 5.91 Å². The smallest absolute Gasteiger partial charge is 0.254 e. The Bertz CT molecular complexity index is 783. The topological polar surface area (TPSA) is 75.1 Å². The van der Waals surface area contributed by atoms with Crippen molar-refractivity contribution in [3.05, 3.63) is 23.3 Å². The third-order valence-corrected chi connectivity index (χ3v) is 8.30. The maximum Gasteiger partial charge on any atom is 0.254 e. The minimum atomic E-state index is -0.457. The first-order chi connectivity index (χ1) is 13.6. The van der Waals surface area contributed by atoms with Crippen LogP contribution in [0.4, 0.5) is 0 Å². The molecule has 1 amide bonds. The molecule has 0 radical (unpaired) electrons. The molecule has 4 bridgehead atoms. The standard InChI is InChI=1S/C23H31N3O2/c27-22(26-19-16-7-13-8-17(19)11-23(28,9-13)10-16)18-12-24-21(15-5-6-15)25-20(18)14-3-1-2-4-14/h12-17,19,28H,1-11H2,(H,26,27). The summed E-state index contributed by atoms with van der Waals surface area (Å²) in [7, 11) is 0. The van der Waals surface area contributed by atoms with E-state index in [-0.39, 0.29) is 11.9 Å². The van der Waals surface area contributed by atoms with Crippen LogP contribution in [0.15, 0.2) is 6.20 Å². The zero-order valence-electron chi connectivity index (χ0n) is 16.6. The van der Waals surface area contributed by atoms with Gasteiger partial charge >= 0.3 is 0 Å². The van der Waals surface area contributed by atoms with Gasteiger partial charge in [-0.05, 0) is 75.5 Å². The van der Waals surface area contributed by atoms with Gasteiger partial charge in [-0.15, -0.1) is 0 Å². The zero-order chi connectivity index (χ0) is 18.9. The molecular formula is C23H31N3O2. The Morgan fingerprint density at radius 3 is 2.39 bits per heavy atom. The summed E-state index contributed by atoms with van der Waals surface area (Å²) in [6.45, 7) is 0. The number of amides is 1. The van der Waals surface area contributed by atoms with Crippen molar-refractivity contribution in [2.24, 2.45) is 17.8 Å². The highest BCUT2D eigenvalue weighted by Gasteiger charge is 2.55. The minimum Gasteiger partial charge on any atom is -0.390 e. The molecule has 1 aromatic rings. The van der Waals surface area contributed by atoms with Gasteiger partial charge in [0.15, 0.2) is 0 Å². The molecule has 2 atom stereocenters. The van der Waals surface area contributed by atoms with Crippen molar-refractivity contribution < 1.29 is 9.90 Å². The van der Waals surface area contributed by atoms with Crippen molar-refractivity contribution in [2.75, 3.05) is 0 Å². The van der Waals surface area contributed by atoms with Gasteiger partial charge in [0.25, 0.3) is 5.91 Å². The van der Waals surface area contributed by atoms with E-state index >= 15 is 0 Å². The van der Waals surface area contributed by atoms with Crippen LogP contribution in [0.5, 0.6) is 0 Å². The summed E-state index contributed by atoms with van der Waals surface area (Å²) >= 11 is 0.